The Labute approximate surface area is 159 Å². The number of aromatic nitrogens is 1. The lowest BCUT2D eigenvalue weighted by atomic mass is 10.0. The van der Waals surface area contributed by atoms with Gasteiger partial charge in [-0.3, -0.25) is 9.78 Å². The number of nitrogens with zero attached hydrogens (tertiary/aromatic N) is 2. The van der Waals surface area contributed by atoms with Crippen molar-refractivity contribution < 1.29 is 4.79 Å². The molecule has 1 aliphatic rings. The molecule has 1 unspecified atom stereocenters. The number of amides is 1. The van der Waals surface area contributed by atoms with E-state index in [1.165, 1.54) is 0 Å². The van der Waals surface area contributed by atoms with Crippen molar-refractivity contribution in [3.63, 3.8) is 0 Å². The molecular weight excluding hydrogens is 369 g/mol. The summed E-state index contributed by atoms with van der Waals surface area (Å²) >= 11 is 6.09. The Bertz CT molecular complexity index is 679. The highest BCUT2D eigenvalue weighted by atomic mass is 35.5. The van der Waals surface area contributed by atoms with Gasteiger partial charge in [0, 0.05) is 36.5 Å². The van der Waals surface area contributed by atoms with Crippen molar-refractivity contribution in [2.45, 2.75) is 13.0 Å². The molecule has 1 amide bonds. The van der Waals surface area contributed by atoms with Crippen LogP contribution in [0.3, 0.4) is 0 Å². The number of nitrogens with one attached hydrogen (secondary N) is 1. The van der Waals surface area contributed by atoms with E-state index >= 15 is 0 Å². The monoisotopic (exact) mass is 387 g/mol. The maximum atomic E-state index is 12.8. The quantitative estimate of drug-likeness (QED) is 0.853. The van der Waals surface area contributed by atoms with Crippen molar-refractivity contribution in [1.82, 2.24) is 15.2 Å². The Kier molecular flexibility index (Phi) is 7.97. The van der Waals surface area contributed by atoms with E-state index in [0.717, 1.165) is 24.3 Å². The molecule has 7 heteroatoms. The van der Waals surface area contributed by atoms with E-state index in [-0.39, 0.29) is 36.8 Å². The Hall–Kier alpha value is -1.33. The fourth-order valence-corrected chi connectivity index (χ4v) is 2.92. The molecule has 0 spiro atoms. The molecule has 4 nitrogen and oxygen atoms in total. The van der Waals surface area contributed by atoms with E-state index in [4.69, 9.17) is 11.6 Å². The van der Waals surface area contributed by atoms with Crippen LogP contribution in [0.5, 0.6) is 0 Å². The number of halogens is 3. The average molecular weight is 389 g/mol. The Morgan fingerprint density at radius 3 is 2.75 bits per heavy atom. The minimum atomic E-state index is -0.0127. The minimum absolute atomic E-state index is 0. The lowest BCUT2D eigenvalue weighted by Gasteiger charge is -2.36. The van der Waals surface area contributed by atoms with E-state index in [2.05, 4.69) is 10.3 Å². The highest BCUT2D eigenvalue weighted by Gasteiger charge is 2.28. The highest BCUT2D eigenvalue weighted by Crippen LogP contribution is 2.26. The van der Waals surface area contributed by atoms with E-state index in [1.54, 1.807) is 6.20 Å². The zero-order chi connectivity index (χ0) is 15.5. The van der Waals surface area contributed by atoms with Gasteiger partial charge in [0.05, 0.1) is 11.6 Å². The van der Waals surface area contributed by atoms with Crippen molar-refractivity contribution in [1.29, 1.82) is 0 Å². The zero-order valence-corrected chi connectivity index (χ0v) is 15.6. The third-order valence-electron chi connectivity index (χ3n) is 3.90. The van der Waals surface area contributed by atoms with E-state index in [0.29, 0.717) is 17.1 Å². The molecule has 2 aromatic rings. The second kappa shape index (κ2) is 9.23. The van der Waals surface area contributed by atoms with Crippen LogP contribution in [-0.2, 0) is 0 Å². The van der Waals surface area contributed by atoms with Gasteiger partial charge >= 0.3 is 0 Å². The van der Waals surface area contributed by atoms with Crippen LogP contribution in [0, 0.1) is 6.92 Å². The van der Waals surface area contributed by atoms with Gasteiger partial charge in [-0.25, -0.2) is 0 Å². The van der Waals surface area contributed by atoms with Crippen LogP contribution < -0.4 is 5.32 Å². The molecule has 1 aromatic heterocycles. The molecule has 130 valence electrons. The molecule has 2 heterocycles. The van der Waals surface area contributed by atoms with Crippen molar-refractivity contribution in [2.24, 2.45) is 0 Å². The summed E-state index contributed by atoms with van der Waals surface area (Å²) in [4.78, 5) is 18.9. The Morgan fingerprint density at radius 1 is 1.29 bits per heavy atom. The first-order valence-electron chi connectivity index (χ1n) is 7.35. The molecule has 0 bridgehead atoms. The summed E-state index contributed by atoms with van der Waals surface area (Å²) in [6.07, 6.45) is 1.65. The zero-order valence-electron chi connectivity index (χ0n) is 13.2. The van der Waals surface area contributed by atoms with Gasteiger partial charge in [-0.2, -0.15) is 0 Å². The van der Waals surface area contributed by atoms with Crippen molar-refractivity contribution in [2.75, 3.05) is 19.6 Å². The summed E-state index contributed by atoms with van der Waals surface area (Å²) in [5.74, 6) is 0.0129. The molecule has 1 N–H and O–H groups in total. The number of carbonyl (C=O) groups is 1. The van der Waals surface area contributed by atoms with Gasteiger partial charge in [0.15, 0.2) is 0 Å². The summed E-state index contributed by atoms with van der Waals surface area (Å²) in [6, 6.07) is 11.4. The number of carbonyl (C=O) groups excluding carboxylic acids is 1. The maximum Gasteiger partial charge on any atom is 0.256 e. The van der Waals surface area contributed by atoms with Gasteiger partial charge in [-0.05, 0) is 36.8 Å². The van der Waals surface area contributed by atoms with E-state index < -0.39 is 0 Å². The molecule has 0 aliphatic carbocycles. The van der Waals surface area contributed by atoms with Crippen LogP contribution in [-0.4, -0.2) is 35.4 Å². The minimum Gasteiger partial charge on any atom is -0.329 e. The molecule has 1 saturated heterocycles. The smallest absolute Gasteiger partial charge is 0.256 e. The second-order valence-electron chi connectivity index (χ2n) is 5.46. The molecule has 24 heavy (non-hydrogen) atoms. The first kappa shape index (κ1) is 20.7. The summed E-state index contributed by atoms with van der Waals surface area (Å²) in [5.41, 5.74) is 2.58. The number of aryl methyl sites for hydroxylation is 1. The SMILES string of the molecule is Cc1ccc(C(=O)N2CCNCC2c2cccc(Cl)c2)cn1.Cl.Cl. The molecule has 1 aliphatic heterocycles. The molecule has 1 fully saturated rings. The highest BCUT2D eigenvalue weighted by molar-refractivity contribution is 6.30. The van der Waals surface area contributed by atoms with Crippen LogP contribution in [0.2, 0.25) is 5.02 Å². The normalized spacial score (nSPS) is 16.8. The number of hydrogen-bond donors (Lipinski definition) is 1. The van der Waals surface area contributed by atoms with Crippen LogP contribution in [0.4, 0.5) is 0 Å². The number of piperazine rings is 1. The molecule has 1 aromatic carbocycles. The standard InChI is InChI=1S/C17H18ClN3O.2ClH/c1-12-5-6-14(10-20-12)17(22)21-8-7-19-11-16(21)13-3-2-4-15(18)9-13;;/h2-6,9-10,16,19H,7-8,11H2,1H3;2*1H. The predicted octanol–water partition coefficient (Wildman–Crippen LogP) is 3.67. The van der Waals surface area contributed by atoms with Crippen molar-refractivity contribution in [3.05, 3.63) is 64.4 Å². The number of pyridine rings is 1. The average Bonchev–Trinajstić information content (AvgIpc) is 2.55. The fraction of sp³-hybridized carbons (Fsp3) is 0.294. The lowest BCUT2D eigenvalue weighted by molar-refractivity contribution is 0.0634. The molecule has 1 atom stereocenters. The third kappa shape index (κ3) is 4.61. The van der Waals surface area contributed by atoms with Gasteiger partial charge in [0.2, 0.25) is 0 Å². The van der Waals surface area contributed by atoms with Crippen molar-refractivity contribution in [3.8, 4) is 0 Å². The molecule has 0 radical (unpaired) electrons. The van der Waals surface area contributed by atoms with Gasteiger partial charge in [-0.15, -0.1) is 24.8 Å². The summed E-state index contributed by atoms with van der Waals surface area (Å²) < 4.78 is 0. The topological polar surface area (TPSA) is 45.2 Å². The van der Waals surface area contributed by atoms with E-state index in [1.807, 2.05) is 48.2 Å². The second-order valence-corrected chi connectivity index (χ2v) is 5.90. The van der Waals surface area contributed by atoms with Gasteiger partial charge in [0.25, 0.3) is 5.91 Å². The summed E-state index contributed by atoms with van der Waals surface area (Å²) in [7, 11) is 0. The van der Waals surface area contributed by atoms with Crippen molar-refractivity contribution >= 4 is 42.3 Å². The summed E-state index contributed by atoms with van der Waals surface area (Å²) in [5, 5.41) is 4.03. The van der Waals surface area contributed by atoms with Gasteiger partial charge in [-0.1, -0.05) is 23.7 Å². The van der Waals surface area contributed by atoms with Crippen LogP contribution in [0.15, 0.2) is 42.6 Å². The molecule has 3 rings (SSSR count). The predicted molar refractivity (Wildman–Crippen MR) is 102 cm³/mol. The lowest BCUT2D eigenvalue weighted by Crippen LogP contribution is -2.48. The number of rotatable bonds is 2. The number of hydrogen-bond acceptors (Lipinski definition) is 3. The largest absolute Gasteiger partial charge is 0.329 e. The Balaban J connectivity index is 0.00000144. The first-order chi connectivity index (χ1) is 10.6. The number of benzene rings is 1. The molecule has 0 saturated carbocycles. The fourth-order valence-electron chi connectivity index (χ4n) is 2.72. The van der Waals surface area contributed by atoms with Crippen LogP contribution >= 0.6 is 36.4 Å². The first-order valence-corrected chi connectivity index (χ1v) is 7.73. The maximum absolute atomic E-state index is 12.8. The third-order valence-corrected chi connectivity index (χ3v) is 4.13. The summed E-state index contributed by atoms with van der Waals surface area (Å²) in [6.45, 7) is 4.10. The van der Waals surface area contributed by atoms with Gasteiger partial charge in [0.1, 0.15) is 0 Å². The van der Waals surface area contributed by atoms with Crippen LogP contribution in [0.1, 0.15) is 27.7 Å². The van der Waals surface area contributed by atoms with Crippen LogP contribution in [0.25, 0.3) is 0 Å². The van der Waals surface area contributed by atoms with Gasteiger partial charge < -0.3 is 10.2 Å². The van der Waals surface area contributed by atoms with E-state index in [9.17, 15) is 4.79 Å². The Morgan fingerprint density at radius 2 is 2.08 bits per heavy atom. The molecular formula is C17H20Cl3N3O.